The van der Waals surface area contributed by atoms with E-state index in [-0.39, 0.29) is 24.2 Å². The maximum Gasteiger partial charge on any atom is 0.271 e. The molecule has 0 aromatic carbocycles. The van der Waals surface area contributed by atoms with Crippen molar-refractivity contribution in [2.75, 3.05) is 6.61 Å². The first-order chi connectivity index (χ1) is 6.77. The van der Waals surface area contributed by atoms with E-state index in [9.17, 15) is 4.79 Å². The van der Waals surface area contributed by atoms with Crippen LogP contribution in [0.5, 0.6) is 0 Å². The number of hydrogen-bond donors (Lipinski definition) is 2. The molecule has 1 aromatic rings. The molecule has 0 spiro atoms. The van der Waals surface area contributed by atoms with Crippen molar-refractivity contribution in [3.63, 3.8) is 0 Å². The Morgan fingerprint density at radius 3 is 2.93 bits per heavy atom. The number of nitrogens with zero attached hydrogens (tertiary/aromatic N) is 2. The van der Waals surface area contributed by atoms with Crippen LogP contribution in [0.3, 0.4) is 0 Å². The zero-order valence-electron chi connectivity index (χ0n) is 7.97. The molecule has 5 heteroatoms. The van der Waals surface area contributed by atoms with Crippen molar-refractivity contribution < 1.29 is 9.90 Å². The van der Waals surface area contributed by atoms with Crippen molar-refractivity contribution in [1.29, 1.82) is 0 Å². The smallest absolute Gasteiger partial charge is 0.271 e. The fourth-order valence-corrected chi connectivity index (χ4v) is 0.952. The summed E-state index contributed by atoms with van der Waals surface area (Å²) >= 11 is 0. The molecule has 0 radical (unpaired) electrons. The minimum Gasteiger partial charge on any atom is -0.394 e. The van der Waals surface area contributed by atoms with E-state index in [1.807, 2.05) is 6.92 Å². The molecular formula is C9H13N3O2. The maximum atomic E-state index is 11.4. The molecule has 1 rings (SSSR count). The highest BCUT2D eigenvalue weighted by Crippen LogP contribution is 1.94. The van der Waals surface area contributed by atoms with E-state index < -0.39 is 0 Å². The Morgan fingerprint density at radius 1 is 1.64 bits per heavy atom. The molecular weight excluding hydrogens is 182 g/mol. The summed E-state index contributed by atoms with van der Waals surface area (Å²) in [7, 11) is 0. The normalized spacial score (nSPS) is 12.1. The predicted molar refractivity (Wildman–Crippen MR) is 50.7 cm³/mol. The summed E-state index contributed by atoms with van der Waals surface area (Å²) in [6, 6.07) is -0.218. The van der Waals surface area contributed by atoms with E-state index in [0.717, 1.165) is 0 Å². The third kappa shape index (κ3) is 2.77. The molecule has 76 valence electrons. The van der Waals surface area contributed by atoms with Crippen LogP contribution in [0.25, 0.3) is 0 Å². The van der Waals surface area contributed by atoms with Gasteiger partial charge in [-0.25, -0.2) is 4.98 Å². The molecule has 5 nitrogen and oxygen atoms in total. The van der Waals surface area contributed by atoms with Crippen molar-refractivity contribution in [3.05, 3.63) is 24.3 Å². The fourth-order valence-electron chi connectivity index (χ4n) is 0.952. The first kappa shape index (κ1) is 10.6. The van der Waals surface area contributed by atoms with Gasteiger partial charge in [0, 0.05) is 12.4 Å². The van der Waals surface area contributed by atoms with Gasteiger partial charge in [-0.1, -0.05) is 6.92 Å². The minimum atomic E-state index is -0.306. The summed E-state index contributed by atoms with van der Waals surface area (Å²) in [5.74, 6) is -0.306. The maximum absolute atomic E-state index is 11.4. The summed E-state index contributed by atoms with van der Waals surface area (Å²) in [5, 5.41) is 11.5. The second-order valence-corrected chi connectivity index (χ2v) is 2.85. The van der Waals surface area contributed by atoms with Crippen LogP contribution in [0.4, 0.5) is 0 Å². The second-order valence-electron chi connectivity index (χ2n) is 2.85. The van der Waals surface area contributed by atoms with E-state index in [0.29, 0.717) is 6.42 Å². The van der Waals surface area contributed by atoms with Gasteiger partial charge in [-0.15, -0.1) is 0 Å². The van der Waals surface area contributed by atoms with Crippen LogP contribution >= 0.6 is 0 Å². The molecule has 0 unspecified atom stereocenters. The Balaban J connectivity index is 2.59. The number of carbonyl (C=O) groups excluding carboxylic acids is 1. The highest BCUT2D eigenvalue weighted by Gasteiger charge is 2.11. The number of aliphatic hydroxyl groups excluding tert-OH is 1. The third-order valence-corrected chi connectivity index (χ3v) is 1.84. The van der Waals surface area contributed by atoms with Crippen molar-refractivity contribution >= 4 is 5.91 Å². The Morgan fingerprint density at radius 2 is 2.43 bits per heavy atom. The summed E-state index contributed by atoms with van der Waals surface area (Å²) in [5.41, 5.74) is 0.263. The molecule has 1 heterocycles. The minimum absolute atomic E-state index is 0.0670. The molecule has 0 aliphatic carbocycles. The lowest BCUT2D eigenvalue weighted by Crippen LogP contribution is -2.37. The van der Waals surface area contributed by atoms with E-state index >= 15 is 0 Å². The molecule has 1 atom stereocenters. The van der Waals surface area contributed by atoms with Crippen molar-refractivity contribution in [3.8, 4) is 0 Å². The second kappa shape index (κ2) is 5.29. The highest BCUT2D eigenvalue weighted by atomic mass is 16.3. The van der Waals surface area contributed by atoms with Gasteiger partial charge in [0.05, 0.1) is 18.8 Å². The third-order valence-electron chi connectivity index (χ3n) is 1.84. The zero-order chi connectivity index (χ0) is 10.4. The lowest BCUT2D eigenvalue weighted by Gasteiger charge is -2.12. The number of rotatable bonds is 4. The van der Waals surface area contributed by atoms with Crippen LogP contribution in [0.2, 0.25) is 0 Å². The fraction of sp³-hybridized carbons (Fsp3) is 0.444. The molecule has 1 aromatic heterocycles. The zero-order valence-corrected chi connectivity index (χ0v) is 7.97. The van der Waals surface area contributed by atoms with Gasteiger partial charge < -0.3 is 10.4 Å². The van der Waals surface area contributed by atoms with Gasteiger partial charge >= 0.3 is 0 Å². The van der Waals surface area contributed by atoms with Gasteiger partial charge in [0.2, 0.25) is 0 Å². The average Bonchev–Trinajstić information content (AvgIpc) is 2.26. The first-order valence-electron chi connectivity index (χ1n) is 4.45. The molecule has 0 aliphatic heterocycles. The number of aliphatic hydroxyl groups is 1. The van der Waals surface area contributed by atoms with Crippen LogP contribution < -0.4 is 5.32 Å². The van der Waals surface area contributed by atoms with Gasteiger partial charge in [-0.05, 0) is 6.42 Å². The Kier molecular flexibility index (Phi) is 4.00. The monoisotopic (exact) mass is 195 g/mol. The van der Waals surface area contributed by atoms with Gasteiger partial charge in [0.15, 0.2) is 0 Å². The van der Waals surface area contributed by atoms with Gasteiger partial charge in [0.1, 0.15) is 5.69 Å². The molecule has 0 bridgehead atoms. The summed E-state index contributed by atoms with van der Waals surface area (Å²) < 4.78 is 0. The molecule has 0 saturated heterocycles. The summed E-state index contributed by atoms with van der Waals surface area (Å²) in [6.07, 6.45) is 5.02. The van der Waals surface area contributed by atoms with Crippen LogP contribution in [-0.4, -0.2) is 33.6 Å². The predicted octanol–water partition coefficient (Wildman–Crippen LogP) is -0.0227. The van der Waals surface area contributed by atoms with Crippen molar-refractivity contribution in [2.24, 2.45) is 0 Å². The standard InChI is InChI=1S/C9H13N3O2/c1-2-7(6-13)12-9(14)8-5-10-3-4-11-8/h3-5,7,13H,2,6H2,1H3,(H,12,14)/t7-/m1/s1. The number of aromatic nitrogens is 2. The Bertz CT molecular complexity index is 285. The average molecular weight is 195 g/mol. The largest absolute Gasteiger partial charge is 0.394 e. The van der Waals surface area contributed by atoms with Gasteiger partial charge in [-0.2, -0.15) is 0 Å². The molecule has 0 saturated carbocycles. The van der Waals surface area contributed by atoms with Crippen LogP contribution in [0, 0.1) is 0 Å². The van der Waals surface area contributed by atoms with Crippen LogP contribution in [-0.2, 0) is 0 Å². The summed E-state index contributed by atoms with van der Waals surface area (Å²) in [6.45, 7) is 1.82. The molecule has 0 fully saturated rings. The topological polar surface area (TPSA) is 75.1 Å². The van der Waals surface area contributed by atoms with Crippen molar-refractivity contribution in [1.82, 2.24) is 15.3 Å². The van der Waals surface area contributed by atoms with E-state index in [1.54, 1.807) is 0 Å². The molecule has 14 heavy (non-hydrogen) atoms. The lowest BCUT2D eigenvalue weighted by atomic mass is 10.2. The number of hydrogen-bond acceptors (Lipinski definition) is 4. The Hall–Kier alpha value is -1.49. The van der Waals surface area contributed by atoms with E-state index in [1.165, 1.54) is 18.6 Å². The number of nitrogens with one attached hydrogen (secondary N) is 1. The Labute approximate surface area is 82.2 Å². The van der Waals surface area contributed by atoms with Gasteiger partial charge in [-0.3, -0.25) is 9.78 Å². The van der Waals surface area contributed by atoms with E-state index in [2.05, 4.69) is 15.3 Å². The molecule has 1 amide bonds. The highest BCUT2D eigenvalue weighted by molar-refractivity contribution is 5.92. The summed E-state index contributed by atoms with van der Waals surface area (Å²) in [4.78, 5) is 19.1. The molecule has 2 N–H and O–H groups in total. The van der Waals surface area contributed by atoms with Crippen molar-refractivity contribution in [2.45, 2.75) is 19.4 Å². The van der Waals surface area contributed by atoms with E-state index in [4.69, 9.17) is 5.11 Å². The number of amides is 1. The van der Waals surface area contributed by atoms with Crippen LogP contribution in [0.1, 0.15) is 23.8 Å². The first-order valence-corrected chi connectivity index (χ1v) is 4.45. The molecule has 0 aliphatic rings. The van der Waals surface area contributed by atoms with Gasteiger partial charge in [0.25, 0.3) is 5.91 Å². The quantitative estimate of drug-likeness (QED) is 0.707. The lowest BCUT2D eigenvalue weighted by molar-refractivity contribution is 0.0909. The SMILES string of the molecule is CC[C@H](CO)NC(=O)c1cnccn1. The number of carbonyl (C=O) groups is 1. The van der Waals surface area contributed by atoms with Crippen LogP contribution in [0.15, 0.2) is 18.6 Å².